The van der Waals surface area contributed by atoms with Crippen molar-refractivity contribution in [3.63, 3.8) is 0 Å². The third-order valence-corrected chi connectivity index (χ3v) is 3.95. The highest BCUT2D eigenvalue weighted by Gasteiger charge is 2.29. The minimum Gasteiger partial charge on any atom is -0.467 e. The smallest absolute Gasteiger partial charge is 0.422 e. The van der Waals surface area contributed by atoms with E-state index in [1.54, 1.807) is 26.0 Å². The molecule has 162 valence electrons. The third kappa shape index (κ3) is 7.30. The molecular weight excluding hydrogens is 403 g/mol. The van der Waals surface area contributed by atoms with Crippen molar-refractivity contribution >= 4 is 17.6 Å². The summed E-state index contributed by atoms with van der Waals surface area (Å²) in [5.74, 6) is -0.372. The van der Waals surface area contributed by atoms with Gasteiger partial charge < -0.3 is 15.4 Å². The van der Waals surface area contributed by atoms with Crippen molar-refractivity contribution < 1.29 is 27.5 Å². The Morgan fingerprint density at radius 3 is 2.57 bits per heavy atom. The van der Waals surface area contributed by atoms with Gasteiger partial charge >= 0.3 is 6.18 Å². The summed E-state index contributed by atoms with van der Waals surface area (Å²) in [4.78, 5) is 27.9. The van der Waals surface area contributed by atoms with Crippen LogP contribution in [0.25, 0.3) is 0 Å². The highest BCUT2D eigenvalue weighted by atomic mass is 19.4. The summed E-state index contributed by atoms with van der Waals surface area (Å²) in [6, 6.07) is 4.45. The van der Waals surface area contributed by atoms with Crippen LogP contribution < -0.4 is 15.4 Å². The number of ether oxygens (including phenoxy) is 1. The van der Waals surface area contributed by atoms with Crippen molar-refractivity contribution in [3.05, 3.63) is 41.2 Å². The Labute approximate surface area is 171 Å². The van der Waals surface area contributed by atoms with Crippen LogP contribution >= 0.6 is 0 Å². The minimum absolute atomic E-state index is 0.109. The highest BCUT2D eigenvalue weighted by molar-refractivity contribution is 5.89. The number of carbonyl (C=O) groups is 2. The SMILES string of the molecule is CCC(=O)Nc1cc(C(C)NC(=O)Cc2cc(C)c(OCC(F)(F)F)nn2)ccn1. The zero-order chi connectivity index (χ0) is 22.3. The van der Waals surface area contributed by atoms with Gasteiger partial charge in [0.05, 0.1) is 18.2 Å². The van der Waals surface area contributed by atoms with Gasteiger partial charge in [0.15, 0.2) is 6.61 Å². The largest absolute Gasteiger partial charge is 0.467 e. The number of nitrogens with zero attached hydrogens (tertiary/aromatic N) is 3. The first-order valence-electron chi connectivity index (χ1n) is 9.15. The molecular formula is C19H22F3N5O3. The quantitative estimate of drug-likeness (QED) is 0.674. The molecule has 30 heavy (non-hydrogen) atoms. The lowest BCUT2D eigenvalue weighted by molar-refractivity contribution is -0.154. The highest BCUT2D eigenvalue weighted by Crippen LogP contribution is 2.20. The van der Waals surface area contributed by atoms with Gasteiger partial charge in [0.1, 0.15) is 5.82 Å². The predicted octanol–water partition coefficient (Wildman–Crippen LogP) is 2.89. The van der Waals surface area contributed by atoms with E-state index < -0.39 is 12.8 Å². The summed E-state index contributed by atoms with van der Waals surface area (Å²) >= 11 is 0. The second-order valence-corrected chi connectivity index (χ2v) is 6.57. The van der Waals surface area contributed by atoms with Crippen LogP contribution in [0.5, 0.6) is 5.88 Å². The summed E-state index contributed by atoms with van der Waals surface area (Å²) in [7, 11) is 0. The molecule has 0 bridgehead atoms. The molecule has 8 nitrogen and oxygen atoms in total. The fourth-order valence-corrected chi connectivity index (χ4v) is 2.46. The lowest BCUT2D eigenvalue weighted by Gasteiger charge is -2.15. The second kappa shape index (κ2) is 9.99. The Morgan fingerprint density at radius 1 is 1.20 bits per heavy atom. The number of hydrogen-bond donors (Lipinski definition) is 2. The number of aromatic nitrogens is 3. The molecule has 1 atom stereocenters. The molecule has 2 aromatic rings. The van der Waals surface area contributed by atoms with E-state index in [9.17, 15) is 22.8 Å². The molecule has 0 aromatic carbocycles. The van der Waals surface area contributed by atoms with Gasteiger partial charge in [-0.05, 0) is 37.6 Å². The molecule has 2 rings (SSSR count). The van der Waals surface area contributed by atoms with Crippen molar-refractivity contribution in [2.45, 2.75) is 45.8 Å². The third-order valence-electron chi connectivity index (χ3n) is 3.95. The molecule has 2 N–H and O–H groups in total. The van der Waals surface area contributed by atoms with Crippen LogP contribution in [0.3, 0.4) is 0 Å². The molecule has 1 unspecified atom stereocenters. The average molecular weight is 425 g/mol. The number of halogens is 3. The molecule has 2 amide bonds. The van der Waals surface area contributed by atoms with E-state index in [0.717, 1.165) is 5.56 Å². The first kappa shape index (κ1) is 23.0. The van der Waals surface area contributed by atoms with E-state index in [2.05, 4.69) is 30.6 Å². The maximum absolute atomic E-state index is 12.3. The molecule has 0 aliphatic heterocycles. The summed E-state index contributed by atoms with van der Waals surface area (Å²) in [6.07, 6.45) is -2.74. The van der Waals surface area contributed by atoms with Crippen molar-refractivity contribution in [1.82, 2.24) is 20.5 Å². The number of rotatable bonds is 8. The van der Waals surface area contributed by atoms with Gasteiger partial charge in [-0.3, -0.25) is 9.59 Å². The Hall–Kier alpha value is -3.24. The van der Waals surface area contributed by atoms with Gasteiger partial charge in [-0.1, -0.05) is 6.92 Å². The molecule has 0 aliphatic rings. The number of nitrogens with one attached hydrogen (secondary N) is 2. The molecule has 0 saturated heterocycles. The van der Waals surface area contributed by atoms with Gasteiger partial charge in [-0.15, -0.1) is 5.10 Å². The summed E-state index contributed by atoms with van der Waals surface area (Å²) in [6.45, 7) is 3.55. The fourth-order valence-electron chi connectivity index (χ4n) is 2.46. The maximum Gasteiger partial charge on any atom is 0.422 e. The molecule has 11 heteroatoms. The Kier molecular flexibility index (Phi) is 7.67. The number of alkyl halides is 3. The fraction of sp³-hybridized carbons (Fsp3) is 0.421. The monoisotopic (exact) mass is 425 g/mol. The zero-order valence-electron chi connectivity index (χ0n) is 16.7. The van der Waals surface area contributed by atoms with E-state index in [-0.39, 0.29) is 30.2 Å². The molecule has 0 saturated carbocycles. The van der Waals surface area contributed by atoms with Crippen molar-refractivity contribution in [1.29, 1.82) is 0 Å². The van der Waals surface area contributed by atoms with E-state index in [1.165, 1.54) is 19.2 Å². The van der Waals surface area contributed by atoms with Crippen molar-refractivity contribution in [2.24, 2.45) is 0 Å². The van der Waals surface area contributed by atoms with Crippen LogP contribution in [0.1, 0.15) is 43.1 Å². The first-order valence-corrected chi connectivity index (χ1v) is 9.15. The number of pyridine rings is 1. The predicted molar refractivity (Wildman–Crippen MR) is 102 cm³/mol. The molecule has 2 heterocycles. The average Bonchev–Trinajstić information content (AvgIpc) is 2.66. The maximum atomic E-state index is 12.3. The van der Waals surface area contributed by atoms with E-state index in [4.69, 9.17) is 0 Å². The van der Waals surface area contributed by atoms with Gasteiger partial charge in [0.2, 0.25) is 17.7 Å². The van der Waals surface area contributed by atoms with Gasteiger partial charge in [-0.2, -0.15) is 18.3 Å². The van der Waals surface area contributed by atoms with Crippen molar-refractivity contribution in [2.75, 3.05) is 11.9 Å². The molecule has 0 fully saturated rings. The molecule has 2 aromatic heterocycles. The molecule has 0 spiro atoms. The van der Waals surface area contributed by atoms with Crippen LogP contribution in [0.2, 0.25) is 0 Å². The standard InChI is InChI=1S/C19H22F3N5O3/c1-4-16(28)25-15-8-13(5-6-23-15)12(3)24-17(29)9-14-7-11(2)18(27-26-14)30-10-19(20,21)22/h5-8,12H,4,9-10H2,1-3H3,(H,24,29)(H,23,25,28). The van der Waals surface area contributed by atoms with E-state index in [0.29, 0.717) is 23.5 Å². The molecule has 0 radical (unpaired) electrons. The molecule has 0 aliphatic carbocycles. The summed E-state index contributed by atoms with van der Waals surface area (Å²) in [5, 5.41) is 12.8. The Bertz CT molecular complexity index is 905. The van der Waals surface area contributed by atoms with Crippen LogP contribution in [0.15, 0.2) is 24.4 Å². The van der Waals surface area contributed by atoms with Gasteiger partial charge in [0.25, 0.3) is 0 Å². The van der Waals surface area contributed by atoms with E-state index >= 15 is 0 Å². The number of aryl methyl sites for hydroxylation is 1. The summed E-state index contributed by atoms with van der Waals surface area (Å²) < 4.78 is 41.3. The summed E-state index contributed by atoms with van der Waals surface area (Å²) in [5.41, 5.74) is 1.38. The minimum atomic E-state index is -4.48. The van der Waals surface area contributed by atoms with Gasteiger partial charge in [-0.25, -0.2) is 4.98 Å². The number of carbonyl (C=O) groups excluding carboxylic acids is 2. The van der Waals surface area contributed by atoms with Crippen LogP contribution in [0.4, 0.5) is 19.0 Å². The first-order chi connectivity index (χ1) is 14.1. The van der Waals surface area contributed by atoms with Gasteiger partial charge in [0, 0.05) is 18.2 Å². The second-order valence-electron chi connectivity index (χ2n) is 6.57. The number of anilines is 1. The number of amides is 2. The topological polar surface area (TPSA) is 106 Å². The van der Waals surface area contributed by atoms with Crippen LogP contribution in [-0.2, 0) is 16.0 Å². The normalized spacial score (nSPS) is 12.2. The van der Waals surface area contributed by atoms with Crippen LogP contribution in [0, 0.1) is 6.92 Å². The lowest BCUT2D eigenvalue weighted by Crippen LogP contribution is -2.28. The number of hydrogen-bond acceptors (Lipinski definition) is 6. The lowest BCUT2D eigenvalue weighted by atomic mass is 10.1. The van der Waals surface area contributed by atoms with E-state index in [1.807, 2.05) is 0 Å². The van der Waals surface area contributed by atoms with Crippen LogP contribution in [-0.4, -0.2) is 39.8 Å². The Morgan fingerprint density at radius 2 is 1.93 bits per heavy atom. The zero-order valence-corrected chi connectivity index (χ0v) is 16.7. The Balaban J connectivity index is 1.96. The van der Waals surface area contributed by atoms with Crippen molar-refractivity contribution in [3.8, 4) is 5.88 Å².